The summed E-state index contributed by atoms with van der Waals surface area (Å²) in [5.74, 6) is -2.30. The number of halogens is 2. The van der Waals surface area contributed by atoms with E-state index in [9.17, 15) is 19.2 Å². The number of nitrogens with zero attached hydrogens (tertiary/aromatic N) is 6. The third kappa shape index (κ3) is 13.8. The van der Waals surface area contributed by atoms with Crippen LogP contribution in [-0.4, -0.2) is 131 Å². The smallest absolute Gasteiger partial charge is 0.247 e. The topological polar surface area (TPSA) is 159 Å². The predicted octanol–water partition coefficient (Wildman–Crippen LogP) is 7.82. The first-order valence-corrected chi connectivity index (χ1v) is 25.0. The minimum atomic E-state index is -1.20. The zero-order valence-corrected chi connectivity index (χ0v) is 44.4. The molecule has 0 saturated carbocycles. The van der Waals surface area contributed by atoms with Crippen LogP contribution in [0.5, 0.6) is 11.5 Å². The molecule has 4 aromatic carbocycles. The molecule has 0 radical (unpaired) electrons. The van der Waals surface area contributed by atoms with Crippen molar-refractivity contribution in [1.82, 2.24) is 39.8 Å². The molecule has 1 fully saturated rings. The number of benzene rings is 4. The van der Waals surface area contributed by atoms with Gasteiger partial charge in [0, 0.05) is 79.2 Å². The number of amides is 5. The number of methoxy groups -OCH3 is 1. The molecule has 384 valence electrons. The fourth-order valence-electron chi connectivity index (χ4n) is 8.90. The summed E-state index contributed by atoms with van der Waals surface area (Å²) in [6.45, 7) is 9.05. The van der Waals surface area contributed by atoms with Crippen LogP contribution in [0.25, 0.3) is 5.69 Å². The quantitative estimate of drug-likeness (QED) is 0.120. The molecule has 2 N–H and O–H groups in total. The fourth-order valence-corrected chi connectivity index (χ4v) is 9.19. The van der Waals surface area contributed by atoms with Crippen molar-refractivity contribution < 1.29 is 33.4 Å². The zero-order chi connectivity index (χ0) is 52.4. The third-order valence-corrected chi connectivity index (χ3v) is 14.4. The van der Waals surface area contributed by atoms with Crippen LogP contribution < -0.4 is 15.4 Å². The van der Waals surface area contributed by atoms with Gasteiger partial charge in [-0.1, -0.05) is 71.7 Å². The highest BCUT2D eigenvalue weighted by atomic mass is 35.5. The molecule has 1 aromatic heterocycles. The van der Waals surface area contributed by atoms with E-state index < -0.39 is 53.8 Å². The van der Waals surface area contributed by atoms with Crippen LogP contribution in [-0.2, 0) is 48.1 Å². The molecule has 17 heteroatoms. The molecule has 1 aliphatic rings. The minimum Gasteiger partial charge on any atom is -0.457 e. The molecule has 15 nitrogen and oxygen atoms in total. The molecule has 5 amide bonds. The van der Waals surface area contributed by atoms with Crippen LogP contribution in [0.4, 0.5) is 0 Å². The van der Waals surface area contributed by atoms with Gasteiger partial charge in [-0.15, -0.1) is 0 Å². The number of imidazole rings is 1. The monoisotopic (exact) mass is 1020 g/mol. The Morgan fingerprint density at radius 2 is 1.44 bits per heavy atom. The van der Waals surface area contributed by atoms with Gasteiger partial charge in [-0.3, -0.25) is 24.0 Å². The zero-order valence-electron chi connectivity index (χ0n) is 42.9. The van der Waals surface area contributed by atoms with Crippen LogP contribution in [0.1, 0.15) is 74.7 Å². The van der Waals surface area contributed by atoms with E-state index in [0.717, 1.165) is 28.2 Å². The second-order valence-corrected chi connectivity index (χ2v) is 19.9. The molecule has 0 spiro atoms. The van der Waals surface area contributed by atoms with Gasteiger partial charge in [-0.2, -0.15) is 0 Å². The Morgan fingerprint density at radius 1 is 0.792 bits per heavy atom. The maximum atomic E-state index is 15.1. The first kappa shape index (κ1) is 55.1. The SMILES string of the molecule is COC[C@@H]1NC(=O)[C@H](C)N(Cc2ccc(Cl)cc2Oc2ccc(-n3cnc([C@@H](C)N(C)C)c3C)cc2)C(=O)C[C@@H](Cc2ccccc2)C(=O)N(C)[C@@H](C)[C@H](C)NC(=O)C[C@H](Cc2ccc(Cl)cc2)N(C)C1=O. The normalized spacial score (nSPS) is 21.6. The second kappa shape index (κ2) is 24.9. The van der Waals surface area contributed by atoms with E-state index in [1.54, 1.807) is 62.6 Å². The number of nitrogens with one attached hydrogen (secondary N) is 2. The molecular formula is C55H68Cl2N8O7. The molecular weight excluding hydrogens is 956 g/mol. The van der Waals surface area contributed by atoms with Gasteiger partial charge >= 0.3 is 0 Å². The van der Waals surface area contributed by atoms with Crippen molar-refractivity contribution in [3.8, 4) is 17.2 Å². The van der Waals surface area contributed by atoms with E-state index in [1.807, 2.05) is 106 Å². The maximum absolute atomic E-state index is 15.1. The lowest BCUT2D eigenvalue weighted by atomic mass is 9.92. The number of carbonyl (C=O) groups excluding carboxylic acids is 5. The highest BCUT2D eigenvalue weighted by Gasteiger charge is 2.37. The molecule has 5 aromatic rings. The first-order chi connectivity index (χ1) is 34.3. The Kier molecular flexibility index (Phi) is 19.1. The predicted molar refractivity (Wildman–Crippen MR) is 280 cm³/mol. The molecule has 7 atom stereocenters. The largest absolute Gasteiger partial charge is 0.457 e. The summed E-state index contributed by atoms with van der Waals surface area (Å²) >= 11 is 12.8. The van der Waals surface area contributed by atoms with E-state index in [0.29, 0.717) is 33.5 Å². The summed E-state index contributed by atoms with van der Waals surface area (Å²) in [7, 11) is 8.71. The van der Waals surface area contributed by atoms with Crippen LogP contribution in [0.3, 0.4) is 0 Å². The number of carbonyl (C=O) groups is 5. The number of hydrogen-bond donors (Lipinski definition) is 2. The van der Waals surface area contributed by atoms with Gasteiger partial charge in [0.1, 0.15) is 23.6 Å². The van der Waals surface area contributed by atoms with E-state index >= 15 is 4.79 Å². The van der Waals surface area contributed by atoms with Gasteiger partial charge in [0.05, 0.1) is 37.1 Å². The average Bonchev–Trinajstić information content (AvgIpc) is 3.75. The van der Waals surface area contributed by atoms with Gasteiger partial charge in [0.2, 0.25) is 29.5 Å². The van der Waals surface area contributed by atoms with Crippen LogP contribution in [0.15, 0.2) is 103 Å². The van der Waals surface area contributed by atoms with Crippen LogP contribution in [0, 0.1) is 12.8 Å². The number of ether oxygens (including phenoxy) is 2. The molecule has 6 rings (SSSR count). The van der Waals surface area contributed by atoms with E-state index in [4.69, 9.17) is 32.7 Å². The van der Waals surface area contributed by atoms with Crippen LogP contribution in [0.2, 0.25) is 10.0 Å². The van der Waals surface area contributed by atoms with Gasteiger partial charge in [-0.05, 0) is 121 Å². The first-order valence-electron chi connectivity index (χ1n) is 24.2. The van der Waals surface area contributed by atoms with Crippen molar-refractivity contribution in [2.24, 2.45) is 5.92 Å². The lowest BCUT2D eigenvalue weighted by molar-refractivity contribution is -0.147. The van der Waals surface area contributed by atoms with E-state index in [-0.39, 0.29) is 50.3 Å². The standard InChI is InChI=1S/C55H68Cl2N8O7/c1-34-35(2)62(8)54(69)42(26-39-14-12-11-13-15-39)28-51(67)64(38(5)53(68)60-48(32-71-10)55(70)63(9)46(30-50(66)59-34)27-40-16-19-43(56)20-17-40)31-41-18-21-44(57)29-49(41)72-47-24-22-45(23-25-47)65-33-58-52(37(65)4)36(3)61(6)7/h11-25,29,33-36,38,42,46,48H,26-28,30-32H2,1-10H3,(H,59,66)(H,60,68)/t34-,35-,36+,38-,42+,46-,48-/m0/s1. The van der Waals surface area contributed by atoms with Gasteiger partial charge in [-0.25, -0.2) is 4.98 Å². The highest BCUT2D eigenvalue weighted by Crippen LogP contribution is 2.32. The number of rotatable bonds is 13. The molecule has 1 saturated heterocycles. The van der Waals surface area contributed by atoms with Crippen molar-refractivity contribution in [2.45, 2.75) is 103 Å². The minimum absolute atomic E-state index is 0.0836. The number of hydrogen-bond acceptors (Lipinski definition) is 9. The van der Waals surface area contributed by atoms with Crippen molar-refractivity contribution in [1.29, 1.82) is 0 Å². The Morgan fingerprint density at radius 3 is 2.10 bits per heavy atom. The van der Waals surface area contributed by atoms with Gasteiger partial charge in [0.25, 0.3) is 0 Å². The molecule has 72 heavy (non-hydrogen) atoms. The molecule has 1 aliphatic heterocycles. The summed E-state index contributed by atoms with van der Waals surface area (Å²) in [5.41, 5.74) is 5.08. The Hall–Kier alpha value is -6.26. The maximum Gasteiger partial charge on any atom is 0.247 e. The Balaban J connectivity index is 1.37. The van der Waals surface area contributed by atoms with E-state index in [2.05, 4.69) is 27.4 Å². The van der Waals surface area contributed by atoms with Crippen molar-refractivity contribution >= 4 is 52.7 Å². The lowest BCUT2D eigenvalue weighted by Gasteiger charge is -2.36. The summed E-state index contributed by atoms with van der Waals surface area (Å²) in [4.78, 5) is 84.2. The van der Waals surface area contributed by atoms with Crippen molar-refractivity contribution in [2.75, 3.05) is 41.9 Å². The molecule has 0 bridgehead atoms. The Labute approximate surface area is 433 Å². The summed E-state index contributed by atoms with van der Waals surface area (Å²) in [6.07, 6.45) is 1.96. The summed E-state index contributed by atoms with van der Waals surface area (Å²) in [6, 6.07) is 25.2. The lowest BCUT2D eigenvalue weighted by Crippen LogP contribution is -2.58. The number of aromatic nitrogens is 2. The highest BCUT2D eigenvalue weighted by molar-refractivity contribution is 6.31. The van der Waals surface area contributed by atoms with Crippen molar-refractivity contribution in [3.05, 3.63) is 142 Å². The van der Waals surface area contributed by atoms with Crippen molar-refractivity contribution in [3.63, 3.8) is 0 Å². The summed E-state index contributed by atoms with van der Waals surface area (Å²) < 4.78 is 14.0. The Bertz CT molecular complexity index is 2660. The van der Waals surface area contributed by atoms with Gasteiger partial charge in [0.15, 0.2) is 0 Å². The van der Waals surface area contributed by atoms with Gasteiger partial charge < -0.3 is 44.3 Å². The molecule has 0 unspecified atom stereocenters. The average molecular weight is 1020 g/mol. The van der Waals surface area contributed by atoms with Crippen LogP contribution >= 0.6 is 23.2 Å². The summed E-state index contributed by atoms with van der Waals surface area (Å²) in [5, 5.41) is 6.85. The second-order valence-electron chi connectivity index (χ2n) is 19.1. The molecule has 2 heterocycles. The fraction of sp³-hybridized carbons (Fsp3) is 0.418. The van der Waals surface area contributed by atoms with E-state index in [1.165, 1.54) is 16.9 Å². The molecule has 0 aliphatic carbocycles. The third-order valence-electron chi connectivity index (χ3n) is 13.9. The number of likely N-dealkylation sites (N-methyl/N-ethyl adjacent to an activating group) is 2.